The molecule has 5 rings (SSSR count). The molecule has 0 aliphatic carbocycles. The van der Waals surface area contributed by atoms with Crippen molar-refractivity contribution < 1.29 is 9.15 Å². The van der Waals surface area contributed by atoms with Crippen LogP contribution in [0.2, 0.25) is 0 Å². The van der Waals surface area contributed by atoms with Gasteiger partial charge in [0.05, 0.1) is 18.3 Å². The topological polar surface area (TPSA) is 50.5 Å². The standard InChI is InChI=1S/C27H25N3O2S/c1-2-31-21-13-11-20(12-14-21)23-15-16-24(32-23)26-25(22-10-6-7-17-28-22)29-27(33)30(26)18-19-8-4-3-5-9-19/h3-17,25-26H,2,18H2,1H3,(H,29,33)/t25-,26-/m0/s1. The Morgan fingerprint density at radius 2 is 1.76 bits per heavy atom. The van der Waals surface area contributed by atoms with E-state index in [2.05, 4.69) is 27.3 Å². The fourth-order valence-electron chi connectivity index (χ4n) is 4.21. The van der Waals surface area contributed by atoms with Crippen LogP contribution in [0.1, 0.15) is 36.0 Å². The van der Waals surface area contributed by atoms with Gasteiger partial charge in [-0.05, 0) is 73.2 Å². The number of benzene rings is 2. The van der Waals surface area contributed by atoms with Gasteiger partial charge in [-0.15, -0.1) is 0 Å². The van der Waals surface area contributed by atoms with E-state index in [1.165, 1.54) is 5.56 Å². The van der Waals surface area contributed by atoms with E-state index in [9.17, 15) is 0 Å². The molecule has 1 fully saturated rings. The predicted molar refractivity (Wildman–Crippen MR) is 133 cm³/mol. The van der Waals surface area contributed by atoms with E-state index >= 15 is 0 Å². The monoisotopic (exact) mass is 455 g/mol. The van der Waals surface area contributed by atoms with E-state index in [1.54, 1.807) is 0 Å². The summed E-state index contributed by atoms with van der Waals surface area (Å²) in [7, 11) is 0. The molecule has 1 aliphatic heterocycles. The van der Waals surface area contributed by atoms with E-state index in [1.807, 2.05) is 85.9 Å². The van der Waals surface area contributed by atoms with E-state index < -0.39 is 0 Å². The van der Waals surface area contributed by atoms with E-state index in [4.69, 9.17) is 21.4 Å². The Morgan fingerprint density at radius 3 is 2.48 bits per heavy atom. The molecule has 1 saturated heterocycles. The number of rotatable bonds is 7. The van der Waals surface area contributed by atoms with Crippen LogP contribution >= 0.6 is 12.2 Å². The normalized spacial score (nSPS) is 17.7. The number of thiocarbonyl (C=S) groups is 1. The number of nitrogens with zero attached hydrogens (tertiary/aromatic N) is 2. The highest BCUT2D eigenvalue weighted by Gasteiger charge is 2.41. The highest BCUT2D eigenvalue weighted by Crippen LogP contribution is 2.41. The van der Waals surface area contributed by atoms with Crippen LogP contribution in [0.25, 0.3) is 11.3 Å². The predicted octanol–water partition coefficient (Wildman–Crippen LogP) is 5.91. The van der Waals surface area contributed by atoms with Gasteiger partial charge >= 0.3 is 0 Å². The first-order valence-corrected chi connectivity index (χ1v) is 11.5. The van der Waals surface area contributed by atoms with Gasteiger partial charge in [0.15, 0.2) is 5.11 Å². The van der Waals surface area contributed by atoms with Crippen molar-refractivity contribution in [2.24, 2.45) is 0 Å². The van der Waals surface area contributed by atoms with Crippen LogP contribution in [0.4, 0.5) is 0 Å². The van der Waals surface area contributed by atoms with Gasteiger partial charge in [0.25, 0.3) is 0 Å². The zero-order valence-corrected chi connectivity index (χ0v) is 19.2. The fourth-order valence-corrected chi connectivity index (χ4v) is 4.52. The molecule has 0 amide bonds. The van der Waals surface area contributed by atoms with Crippen LogP contribution in [-0.4, -0.2) is 21.6 Å². The van der Waals surface area contributed by atoms with Gasteiger partial charge in [0.1, 0.15) is 23.3 Å². The Bertz CT molecular complexity index is 1210. The van der Waals surface area contributed by atoms with Crippen LogP contribution in [0.5, 0.6) is 5.75 Å². The van der Waals surface area contributed by atoms with Crippen LogP contribution in [-0.2, 0) is 6.54 Å². The molecular formula is C27H25N3O2S. The molecule has 166 valence electrons. The molecule has 5 nitrogen and oxygen atoms in total. The molecule has 0 spiro atoms. The molecule has 2 atom stereocenters. The van der Waals surface area contributed by atoms with Crippen LogP contribution in [0.3, 0.4) is 0 Å². The van der Waals surface area contributed by atoms with Crippen molar-refractivity contribution in [1.82, 2.24) is 15.2 Å². The lowest BCUT2D eigenvalue weighted by molar-refractivity contribution is 0.269. The van der Waals surface area contributed by atoms with Crippen molar-refractivity contribution in [3.05, 3.63) is 108 Å². The quantitative estimate of drug-likeness (QED) is 0.350. The van der Waals surface area contributed by atoms with E-state index in [0.717, 1.165) is 28.5 Å². The SMILES string of the molecule is CCOc1ccc(-c2ccc([C@H]3[C@H](c4ccccn4)NC(=S)N3Cc3ccccc3)o2)cc1. The summed E-state index contributed by atoms with van der Waals surface area (Å²) in [5, 5.41) is 4.17. The number of hydrogen-bond donors (Lipinski definition) is 1. The van der Waals surface area contributed by atoms with Crippen LogP contribution < -0.4 is 10.1 Å². The highest BCUT2D eigenvalue weighted by atomic mass is 32.1. The lowest BCUT2D eigenvalue weighted by atomic mass is 10.0. The van der Waals surface area contributed by atoms with Gasteiger partial charge < -0.3 is 19.4 Å². The summed E-state index contributed by atoms with van der Waals surface area (Å²) < 4.78 is 12.0. The van der Waals surface area contributed by atoms with Gasteiger partial charge in [-0.25, -0.2) is 0 Å². The Morgan fingerprint density at radius 1 is 0.970 bits per heavy atom. The molecule has 0 unspecified atom stereocenters. The van der Waals surface area contributed by atoms with E-state index in [0.29, 0.717) is 18.3 Å². The largest absolute Gasteiger partial charge is 0.494 e. The first kappa shape index (κ1) is 21.2. The third kappa shape index (κ3) is 4.47. The minimum absolute atomic E-state index is 0.109. The smallest absolute Gasteiger partial charge is 0.170 e. The van der Waals surface area contributed by atoms with Crippen molar-refractivity contribution in [2.45, 2.75) is 25.6 Å². The second-order valence-corrected chi connectivity index (χ2v) is 8.29. The first-order valence-electron chi connectivity index (χ1n) is 11.1. The summed E-state index contributed by atoms with van der Waals surface area (Å²) in [6.45, 7) is 3.30. The van der Waals surface area contributed by atoms with Gasteiger partial charge in [0.2, 0.25) is 0 Å². The molecule has 0 bridgehead atoms. The summed E-state index contributed by atoms with van der Waals surface area (Å²) in [6.07, 6.45) is 1.81. The average Bonchev–Trinajstić information content (AvgIpc) is 3.46. The second-order valence-electron chi connectivity index (χ2n) is 7.90. The number of aromatic nitrogens is 1. The lowest BCUT2D eigenvalue weighted by Gasteiger charge is -2.26. The molecule has 0 radical (unpaired) electrons. The van der Waals surface area contributed by atoms with Crippen molar-refractivity contribution in [3.8, 4) is 17.1 Å². The summed E-state index contributed by atoms with van der Waals surface area (Å²) in [6, 6.07) is 28.1. The molecule has 6 heteroatoms. The third-order valence-electron chi connectivity index (χ3n) is 5.76. The number of hydrogen-bond acceptors (Lipinski definition) is 4. The summed E-state index contributed by atoms with van der Waals surface area (Å²) in [4.78, 5) is 6.79. The molecule has 33 heavy (non-hydrogen) atoms. The molecule has 3 heterocycles. The number of furan rings is 1. The zero-order valence-electron chi connectivity index (χ0n) is 18.3. The molecule has 4 aromatic rings. The first-order chi connectivity index (χ1) is 16.2. The summed E-state index contributed by atoms with van der Waals surface area (Å²) in [5.74, 6) is 2.51. The Balaban J connectivity index is 1.49. The zero-order chi connectivity index (χ0) is 22.6. The molecule has 0 saturated carbocycles. The number of ether oxygens (including phenoxy) is 1. The van der Waals surface area contributed by atoms with Crippen molar-refractivity contribution in [3.63, 3.8) is 0 Å². The average molecular weight is 456 g/mol. The van der Waals surface area contributed by atoms with Crippen molar-refractivity contribution in [2.75, 3.05) is 6.61 Å². The maximum absolute atomic E-state index is 6.41. The fraction of sp³-hybridized carbons (Fsp3) is 0.185. The Hall–Kier alpha value is -3.64. The summed E-state index contributed by atoms with van der Waals surface area (Å²) in [5.41, 5.74) is 3.12. The number of nitrogens with one attached hydrogen (secondary N) is 1. The minimum Gasteiger partial charge on any atom is -0.494 e. The number of pyridine rings is 1. The molecular weight excluding hydrogens is 430 g/mol. The molecule has 1 N–H and O–H groups in total. The van der Waals surface area contributed by atoms with Crippen LogP contribution in [0.15, 0.2) is 95.5 Å². The van der Waals surface area contributed by atoms with Gasteiger partial charge in [0, 0.05) is 18.3 Å². The third-order valence-corrected chi connectivity index (χ3v) is 6.11. The van der Waals surface area contributed by atoms with Crippen LogP contribution in [0, 0.1) is 0 Å². The van der Waals surface area contributed by atoms with Crippen molar-refractivity contribution in [1.29, 1.82) is 0 Å². The molecule has 1 aliphatic rings. The highest BCUT2D eigenvalue weighted by molar-refractivity contribution is 7.80. The maximum Gasteiger partial charge on any atom is 0.170 e. The van der Waals surface area contributed by atoms with Gasteiger partial charge in [-0.2, -0.15) is 0 Å². The Labute approximate surface area is 199 Å². The lowest BCUT2D eigenvalue weighted by Crippen LogP contribution is -2.29. The van der Waals surface area contributed by atoms with Gasteiger partial charge in [-0.3, -0.25) is 4.98 Å². The Kier molecular flexibility index (Phi) is 6.09. The molecule has 2 aromatic heterocycles. The van der Waals surface area contributed by atoms with E-state index in [-0.39, 0.29) is 12.1 Å². The van der Waals surface area contributed by atoms with Crippen molar-refractivity contribution >= 4 is 17.3 Å². The summed E-state index contributed by atoms with van der Waals surface area (Å²) >= 11 is 5.76. The van der Waals surface area contributed by atoms with Gasteiger partial charge in [-0.1, -0.05) is 36.4 Å². The maximum atomic E-state index is 6.41. The molecule has 2 aromatic carbocycles. The minimum atomic E-state index is -0.121. The second kappa shape index (κ2) is 9.46.